The average molecular weight is 281 g/mol. The number of nitrogens with one attached hydrogen (secondary N) is 2. The number of pyridine rings is 1. The van der Waals surface area contributed by atoms with Gasteiger partial charge in [0.05, 0.1) is 23.4 Å². The van der Waals surface area contributed by atoms with Crippen LogP contribution in [0.3, 0.4) is 0 Å². The van der Waals surface area contributed by atoms with Crippen LogP contribution in [-0.2, 0) is 4.74 Å². The summed E-state index contributed by atoms with van der Waals surface area (Å²) >= 11 is 0. The number of carbonyl (C=O) groups excluding carboxylic acids is 1. The van der Waals surface area contributed by atoms with Crippen LogP contribution in [0.15, 0.2) is 12.3 Å². The third kappa shape index (κ3) is 2.90. The van der Waals surface area contributed by atoms with Crippen LogP contribution in [0, 0.1) is 5.82 Å². The van der Waals surface area contributed by atoms with Crippen LogP contribution in [0.5, 0.6) is 0 Å². The molecule has 1 fully saturated rings. The molecule has 2 unspecified atom stereocenters. The van der Waals surface area contributed by atoms with Gasteiger partial charge in [0, 0.05) is 13.2 Å². The Morgan fingerprint density at radius 3 is 3.00 bits per heavy atom. The van der Waals surface area contributed by atoms with Crippen molar-refractivity contribution >= 4 is 11.7 Å². The molecule has 2 rings (SSSR count). The van der Waals surface area contributed by atoms with Crippen LogP contribution in [0.25, 0.3) is 0 Å². The van der Waals surface area contributed by atoms with Gasteiger partial charge in [0.15, 0.2) is 0 Å². The van der Waals surface area contributed by atoms with Crippen LogP contribution < -0.4 is 10.6 Å². The zero-order valence-electron chi connectivity index (χ0n) is 12.0. The van der Waals surface area contributed by atoms with E-state index in [1.165, 1.54) is 6.07 Å². The van der Waals surface area contributed by atoms with Crippen molar-refractivity contribution in [1.82, 2.24) is 10.3 Å². The lowest BCUT2D eigenvalue weighted by molar-refractivity contribution is 0.0727. The van der Waals surface area contributed by atoms with E-state index in [1.54, 1.807) is 0 Å². The Morgan fingerprint density at radius 1 is 1.65 bits per heavy atom. The number of hydrogen-bond acceptors (Lipinski definition) is 4. The third-order valence-electron chi connectivity index (χ3n) is 3.73. The maximum Gasteiger partial charge on any atom is 0.255 e. The second kappa shape index (κ2) is 5.75. The van der Waals surface area contributed by atoms with Gasteiger partial charge in [-0.3, -0.25) is 4.79 Å². The summed E-state index contributed by atoms with van der Waals surface area (Å²) in [5.41, 5.74) is -0.223. The van der Waals surface area contributed by atoms with Gasteiger partial charge in [-0.1, -0.05) is 0 Å². The van der Waals surface area contributed by atoms with Crippen molar-refractivity contribution in [2.24, 2.45) is 0 Å². The number of ether oxygens (including phenoxy) is 1. The fourth-order valence-corrected chi connectivity index (χ4v) is 2.25. The Bertz CT molecular complexity index is 509. The van der Waals surface area contributed by atoms with Gasteiger partial charge in [-0.2, -0.15) is 0 Å². The molecule has 0 spiro atoms. The molecule has 1 aromatic rings. The highest BCUT2D eigenvalue weighted by molar-refractivity contribution is 5.99. The molecule has 0 radical (unpaired) electrons. The van der Waals surface area contributed by atoms with Gasteiger partial charge < -0.3 is 15.4 Å². The second-order valence-corrected chi connectivity index (χ2v) is 5.21. The number of aromatic nitrogens is 1. The summed E-state index contributed by atoms with van der Waals surface area (Å²) < 4.78 is 18.8. The van der Waals surface area contributed by atoms with Crippen molar-refractivity contribution in [1.29, 1.82) is 0 Å². The zero-order valence-corrected chi connectivity index (χ0v) is 12.0. The highest BCUT2D eigenvalue weighted by atomic mass is 19.1. The molecule has 0 saturated carbocycles. The SMILES string of the molecule is CCNc1ncc(F)cc1C(=O)NC1(C)CCOC1C. The summed E-state index contributed by atoms with van der Waals surface area (Å²) in [4.78, 5) is 16.3. The number of anilines is 1. The molecule has 20 heavy (non-hydrogen) atoms. The van der Waals surface area contributed by atoms with Gasteiger partial charge in [0.2, 0.25) is 0 Å². The van der Waals surface area contributed by atoms with E-state index < -0.39 is 11.4 Å². The Kier molecular flexibility index (Phi) is 4.23. The molecule has 1 aliphatic rings. The van der Waals surface area contributed by atoms with Crippen molar-refractivity contribution in [2.45, 2.75) is 38.8 Å². The number of carbonyl (C=O) groups is 1. The first kappa shape index (κ1) is 14.7. The van der Waals surface area contributed by atoms with Crippen LogP contribution >= 0.6 is 0 Å². The van der Waals surface area contributed by atoms with Crippen molar-refractivity contribution in [2.75, 3.05) is 18.5 Å². The minimum absolute atomic E-state index is 0.0736. The molecule has 2 heterocycles. The topological polar surface area (TPSA) is 63.2 Å². The minimum atomic E-state index is -0.530. The summed E-state index contributed by atoms with van der Waals surface area (Å²) in [6, 6.07) is 1.20. The van der Waals surface area contributed by atoms with Crippen LogP contribution in [0.2, 0.25) is 0 Å². The van der Waals surface area contributed by atoms with E-state index in [9.17, 15) is 9.18 Å². The third-order valence-corrected chi connectivity index (χ3v) is 3.73. The largest absolute Gasteiger partial charge is 0.376 e. The number of amides is 1. The minimum Gasteiger partial charge on any atom is -0.376 e. The molecule has 5 nitrogen and oxygen atoms in total. The average Bonchev–Trinajstić information content (AvgIpc) is 2.71. The van der Waals surface area contributed by atoms with Gasteiger partial charge >= 0.3 is 0 Å². The smallest absolute Gasteiger partial charge is 0.255 e. The predicted molar refractivity (Wildman–Crippen MR) is 74.3 cm³/mol. The highest BCUT2D eigenvalue weighted by Gasteiger charge is 2.38. The quantitative estimate of drug-likeness (QED) is 0.885. The summed E-state index contributed by atoms with van der Waals surface area (Å²) in [7, 11) is 0. The number of hydrogen-bond donors (Lipinski definition) is 2. The van der Waals surface area contributed by atoms with E-state index in [4.69, 9.17) is 4.74 Å². The predicted octanol–water partition coefficient (Wildman–Crippen LogP) is 1.95. The first-order chi connectivity index (χ1) is 9.46. The Labute approximate surface area is 117 Å². The molecular weight excluding hydrogens is 261 g/mol. The maximum absolute atomic E-state index is 13.3. The van der Waals surface area contributed by atoms with E-state index in [-0.39, 0.29) is 17.6 Å². The zero-order chi connectivity index (χ0) is 14.8. The van der Waals surface area contributed by atoms with Crippen molar-refractivity contribution < 1.29 is 13.9 Å². The van der Waals surface area contributed by atoms with Crippen LogP contribution in [-0.4, -0.2) is 35.7 Å². The van der Waals surface area contributed by atoms with Crippen LogP contribution in [0.4, 0.5) is 10.2 Å². The van der Waals surface area contributed by atoms with E-state index in [0.717, 1.165) is 12.6 Å². The molecular formula is C14H20FN3O2. The second-order valence-electron chi connectivity index (χ2n) is 5.21. The summed E-state index contributed by atoms with van der Waals surface area (Å²) in [5.74, 6) is -0.480. The van der Waals surface area contributed by atoms with Crippen molar-refractivity contribution in [3.8, 4) is 0 Å². The first-order valence-corrected chi connectivity index (χ1v) is 6.80. The summed E-state index contributed by atoms with van der Waals surface area (Å²) in [6.07, 6.45) is 1.76. The maximum atomic E-state index is 13.3. The van der Waals surface area contributed by atoms with E-state index >= 15 is 0 Å². The summed E-state index contributed by atoms with van der Waals surface area (Å²) in [5, 5.41) is 5.90. The van der Waals surface area contributed by atoms with E-state index in [2.05, 4.69) is 15.6 Å². The lowest BCUT2D eigenvalue weighted by Crippen LogP contribution is -2.50. The highest BCUT2D eigenvalue weighted by Crippen LogP contribution is 2.26. The molecule has 1 saturated heterocycles. The van der Waals surface area contributed by atoms with E-state index in [0.29, 0.717) is 19.0 Å². The molecule has 2 N–H and O–H groups in total. The Balaban J connectivity index is 2.22. The molecule has 0 aromatic carbocycles. The molecule has 6 heteroatoms. The Hall–Kier alpha value is -1.69. The lowest BCUT2D eigenvalue weighted by atomic mass is 9.94. The number of rotatable bonds is 4. The van der Waals surface area contributed by atoms with Gasteiger partial charge in [0.25, 0.3) is 5.91 Å². The lowest BCUT2D eigenvalue weighted by Gasteiger charge is -2.29. The molecule has 110 valence electrons. The standard InChI is InChI=1S/C14H20FN3O2/c1-4-16-12-11(7-10(15)8-17-12)13(19)18-14(3)5-6-20-9(14)2/h7-9H,4-6H2,1-3H3,(H,16,17)(H,18,19). The molecule has 1 aromatic heterocycles. The monoisotopic (exact) mass is 281 g/mol. The number of nitrogens with zero attached hydrogens (tertiary/aromatic N) is 1. The fourth-order valence-electron chi connectivity index (χ4n) is 2.25. The molecule has 1 amide bonds. The van der Waals surface area contributed by atoms with Crippen molar-refractivity contribution in [3.63, 3.8) is 0 Å². The number of halogens is 1. The molecule has 2 atom stereocenters. The summed E-state index contributed by atoms with van der Waals surface area (Å²) in [6.45, 7) is 6.96. The fraction of sp³-hybridized carbons (Fsp3) is 0.571. The normalized spacial score (nSPS) is 25.5. The molecule has 0 aliphatic carbocycles. The van der Waals surface area contributed by atoms with Gasteiger partial charge in [-0.25, -0.2) is 9.37 Å². The van der Waals surface area contributed by atoms with Crippen LogP contribution in [0.1, 0.15) is 37.6 Å². The van der Waals surface area contributed by atoms with E-state index in [1.807, 2.05) is 20.8 Å². The first-order valence-electron chi connectivity index (χ1n) is 6.80. The van der Waals surface area contributed by atoms with Gasteiger partial charge in [-0.15, -0.1) is 0 Å². The molecule has 0 bridgehead atoms. The van der Waals surface area contributed by atoms with Gasteiger partial charge in [0.1, 0.15) is 11.6 Å². The van der Waals surface area contributed by atoms with Crippen molar-refractivity contribution in [3.05, 3.63) is 23.6 Å². The Morgan fingerprint density at radius 2 is 2.40 bits per heavy atom. The van der Waals surface area contributed by atoms with Gasteiger partial charge in [-0.05, 0) is 33.3 Å². The molecule has 1 aliphatic heterocycles.